The molecule has 0 atom stereocenters. The van der Waals surface area contributed by atoms with E-state index in [0.29, 0.717) is 31.6 Å². The van der Waals surface area contributed by atoms with Gasteiger partial charge in [0.05, 0.1) is 17.5 Å². The number of anilines is 1. The second-order valence-corrected chi connectivity index (χ2v) is 4.66. The maximum absolute atomic E-state index is 11.8. The lowest BCUT2D eigenvalue weighted by molar-refractivity contribution is 0.0457. The minimum atomic E-state index is -0.789. The van der Waals surface area contributed by atoms with E-state index in [4.69, 9.17) is 11.6 Å². The van der Waals surface area contributed by atoms with Crippen molar-refractivity contribution in [3.63, 3.8) is 0 Å². The minimum absolute atomic E-state index is 0.112. The number of halogens is 1. The normalized spacial score (nSPS) is 11.6. The summed E-state index contributed by atoms with van der Waals surface area (Å²) >= 11 is 5.97. The van der Waals surface area contributed by atoms with Gasteiger partial charge in [0.1, 0.15) is 5.02 Å². The summed E-state index contributed by atoms with van der Waals surface area (Å²) in [5.41, 5.74) is -0.643. The van der Waals surface area contributed by atoms with Crippen LogP contribution in [0.15, 0.2) is 11.0 Å². The Balaban J connectivity index is 2.87. The van der Waals surface area contributed by atoms with Crippen LogP contribution >= 0.6 is 11.6 Å². The summed E-state index contributed by atoms with van der Waals surface area (Å²) < 4.78 is 1.29. The van der Waals surface area contributed by atoms with Gasteiger partial charge in [-0.1, -0.05) is 25.4 Å². The molecule has 0 fully saturated rings. The second-order valence-electron chi connectivity index (χ2n) is 4.28. The summed E-state index contributed by atoms with van der Waals surface area (Å²) in [5.74, 6) is 0. The Morgan fingerprint density at radius 2 is 2.06 bits per heavy atom. The predicted octanol–water partition coefficient (Wildman–Crippen LogP) is 1.88. The van der Waals surface area contributed by atoms with Crippen molar-refractivity contribution in [1.82, 2.24) is 9.78 Å². The van der Waals surface area contributed by atoms with E-state index in [1.807, 2.05) is 20.8 Å². The van der Waals surface area contributed by atoms with Crippen molar-refractivity contribution in [2.75, 3.05) is 11.9 Å². The quantitative estimate of drug-likeness (QED) is 0.830. The molecule has 0 radical (unpaired) electrons. The first kappa shape index (κ1) is 15.0. The molecule has 0 aromatic carbocycles. The first-order chi connectivity index (χ1) is 8.47. The molecule has 0 aliphatic rings. The Morgan fingerprint density at radius 1 is 1.44 bits per heavy atom. The second kappa shape index (κ2) is 6.20. The third-order valence-electron chi connectivity index (χ3n) is 3.21. The number of aryl methyl sites for hydroxylation is 1. The van der Waals surface area contributed by atoms with E-state index in [0.717, 1.165) is 0 Å². The SMILES string of the molecule is CCn1ncc(NCC(O)(CC)CC)c(Cl)c1=O. The molecular formula is C12H20ClN3O2. The predicted molar refractivity (Wildman–Crippen MR) is 73.2 cm³/mol. The highest BCUT2D eigenvalue weighted by Gasteiger charge is 2.22. The number of rotatable bonds is 6. The Bertz CT molecular complexity index is 455. The fraction of sp³-hybridized carbons (Fsp3) is 0.667. The minimum Gasteiger partial charge on any atom is -0.388 e. The van der Waals surface area contributed by atoms with E-state index in [-0.39, 0.29) is 10.6 Å². The van der Waals surface area contributed by atoms with Crippen molar-refractivity contribution in [3.8, 4) is 0 Å². The van der Waals surface area contributed by atoms with Gasteiger partial charge < -0.3 is 10.4 Å². The molecule has 0 bridgehead atoms. The van der Waals surface area contributed by atoms with Gasteiger partial charge in [-0.25, -0.2) is 4.68 Å². The Labute approximate surface area is 112 Å². The summed E-state index contributed by atoms with van der Waals surface area (Å²) in [4.78, 5) is 11.8. The van der Waals surface area contributed by atoms with Gasteiger partial charge in [0.2, 0.25) is 0 Å². The molecule has 0 saturated heterocycles. The maximum Gasteiger partial charge on any atom is 0.287 e. The number of hydrogen-bond acceptors (Lipinski definition) is 4. The molecule has 1 aromatic rings. The zero-order chi connectivity index (χ0) is 13.8. The fourth-order valence-corrected chi connectivity index (χ4v) is 1.79. The highest BCUT2D eigenvalue weighted by atomic mass is 35.5. The number of nitrogens with one attached hydrogen (secondary N) is 1. The van der Waals surface area contributed by atoms with Gasteiger partial charge in [-0.05, 0) is 19.8 Å². The lowest BCUT2D eigenvalue weighted by Gasteiger charge is -2.26. The van der Waals surface area contributed by atoms with Crippen LogP contribution in [0.2, 0.25) is 5.02 Å². The summed E-state index contributed by atoms with van der Waals surface area (Å²) in [5, 5.41) is 17.2. The van der Waals surface area contributed by atoms with Crippen molar-refractivity contribution < 1.29 is 5.11 Å². The van der Waals surface area contributed by atoms with E-state index in [1.54, 1.807) is 0 Å². The van der Waals surface area contributed by atoms with Crippen LogP contribution in [0, 0.1) is 0 Å². The van der Waals surface area contributed by atoms with Crippen molar-refractivity contribution in [3.05, 3.63) is 21.6 Å². The van der Waals surface area contributed by atoms with Gasteiger partial charge in [0, 0.05) is 13.1 Å². The molecule has 1 rings (SSSR count). The van der Waals surface area contributed by atoms with Crippen molar-refractivity contribution in [1.29, 1.82) is 0 Å². The lowest BCUT2D eigenvalue weighted by Crippen LogP contribution is -2.36. The Morgan fingerprint density at radius 3 is 2.56 bits per heavy atom. The standard InChI is InChI=1S/C12H20ClN3O2/c1-4-12(18,5-2)8-14-9-7-15-16(6-3)11(17)10(9)13/h7,14,18H,4-6,8H2,1-3H3. The van der Waals surface area contributed by atoms with Crippen molar-refractivity contribution in [2.45, 2.75) is 45.8 Å². The average molecular weight is 274 g/mol. The molecule has 0 unspecified atom stereocenters. The molecule has 0 aliphatic carbocycles. The monoisotopic (exact) mass is 273 g/mol. The number of aliphatic hydroxyl groups is 1. The van der Waals surface area contributed by atoms with Crippen LogP contribution in [0.1, 0.15) is 33.6 Å². The molecule has 2 N–H and O–H groups in total. The highest BCUT2D eigenvalue weighted by molar-refractivity contribution is 6.32. The topological polar surface area (TPSA) is 67.2 Å². The summed E-state index contributed by atoms with van der Waals surface area (Å²) in [6, 6.07) is 0. The first-order valence-electron chi connectivity index (χ1n) is 6.19. The van der Waals surface area contributed by atoms with Crippen LogP contribution in [-0.4, -0.2) is 27.0 Å². The largest absolute Gasteiger partial charge is 0.388 e. The van der Waals surface area contributed by atoms with E-state index >= 15 is 0 Å². The summed E-state index contributed by atoms with van der Waals surface area (Å²) in [7, 11) is 0. The molecule has 0 spiro atoms. The van der Waals surface area contributed by atoms with Crippen LogP contribution in [-0.2, 0) is 6.54 Å². The molecule has 6 heteroatoms. The molecule has 18 heavy (non-hydrogen) atoms. The molecule has 5 nitrogen and oxygen atoms in total. The van der Waals surface area contributed by atoms with Gasteiger partial charge in [0.15, 0.2) is 0 Å². The highest BCUT2D eigenvalue weighted by Crippen LogP contribution is 2.19. The van der Waals surface area contributed by atoms with Gasteiger partial charge in [-0.15, -0.1) is 0 Å². The van der Waals surface area contributed by atoms with Crippen LogP contribution in [0.25, 0.3) is 0 Å². The van der Waals surface area contributed by atoms with E-state index < -0.39 is 5.60 Å². The molecular weight excluding hydrogens is 254 g/mol. The van der Waals surface area contributed by atoms with Gasteiger partial charge in [-0.2, -0.15) is 5.10 Å². The smallest absolute Gasteiger partial charge is 0.287 e. The fourth-order valence-electron chi connectivity index (χ4n) is 1.57. The van der Waals surface area contributed by atoms with Gasteiger partial charge in [-0.3, -0.25) is 4.79 Å². The third-order valence-corrected chi connectivity index (χ3v) is 3.57. The number of hydrogen-bond donors (Lipinski definition) is 2. The molecule has 0 aliphatic heterocycles. The number of aromatic nitrogens is 2. The van der Waals surface area contributed by atoms with Crippen LogP contribution in [0.4, 0.5) is 5.69 Å². The molecule has 102 valence electrons. The summed E-state index contributed by atoms with van der Waals surface area (Å²) in [6.07, 6.45) is 2.78. The van der Waals surface area contributed by atoms with Crippen LogP contribution in [0.3, 0.4) is 0 Å². The Hall–Kier alpha value is -1.07. The maximum atomic E-state index is 11.8. The molecule has 1 aromatic heterocycles. The van der Waals surface area contributed by atoms with Crippen LogP contribution in [0.5, 0.6) is 0 Å². The van der Waals surface area contributed by atoms with Gasteiger partial charge >= 0.3 is 0 Å². The third kappa shape index (κ3) is 3.23. The van der Waals surface area contributed by atoms with E-state index in [2.05, 4.69) is 10.4 Å². The lowest BCUT2D eigenvalue weighted by atomic mass is 9.97. The zero-order valence-corrected chi connectivity index (χ0v) is 11.8. The summed E-state index contributed by atoms with van der Waals surface area (Å²) in [6.45, 7) is 6.48. The number of nitrogens with zero attached hydrogens (tertiary/aromatic N) is 2. The van der Waals surface area contributed by atoms with Crippen LogP contribution < -0.4 is 10.9 Å². The van der Waals surface area contributed by atoms with Gasteiger partial charge in [0.25, 0.3) is 5.56 Å². The molecule has 0 saturated carbocycles. The van der Waals surface area contributed by atoms with Crippen molar-refractivity contribution >= 4 is 17.3 Å². The Kier molecular flexibility index (Phi) is 5.16. The van der Waals surface area contributed by atoms with E-state index in [9.17, 15) is 9.90 Å². The van der Waals surface area contributed by atoms with E-state index in [1.165, 1.54) is 10.9 Å². The molecule has 1 heterocycles. The van der Waals surface area contributed by atoms with Crippen molar-refractivity contribution in [2.24, 2.45) is 0 Å². The first-order valence-corrected chi connectivity index (χ1v) is 6.57. The molecule has 0 amide bonds. The average Bonchev–Trinajstić information content (AvgIpc) is 2.40. The zero-order valence-electron chi connectivity index (χ0n) is 11.0.